The third kappa shape index (κ3) is 5.08. The van der Waals surface area contributed by atoms with E-state index in [2.05, 4.69) is 10.1 Å². The number of halogens is 2. The zero-order valence-corrected chi connectivity index (χ0v) is 17.3. The maximum absolute atomic E-state index is 12.9. The quantitative estimate of drug-likeness (QED) is 0.722. The van der Waals surface area contributed by atoms with Gasteiger partial charge in [0.1, 0.15) is 6.04 Å². The summed E-state index contributed by atoms with van der Waals surface area (Å²) in [5.74, 6) is -0.917. The Balaban J connectivity index is 1.69. The molecule has 3 rings (SSSR count). The van der Waals surface area contributed by atoms with Gasteiger partial charge in [-0.3, -0.25) is 14.4 Å². The van der Waals surface area contributed by atoms with Gasteiger partial charge in [-0.15, -0.1) is 0 Å². The molecule has 1 atom stereocenters. The minimum Gasteiger partial charge on any atom is -0.469 e. The van der Waals surface area contributed by atoms with Crippen LogP contribution in [0.25, 0.3) is 0 Å². The number of rotatable bonds is 5. The Bertz CT molecular complexity index is 931. The molecule has 0 spiro atoms. The average Bonchev–Trinajstić information content (AvgIpc) is 3.20. The second kappa shape index (κ2) is 9.29. The van der Waals surface area contributed by atoms with Crippen LogP contribution in [0.4, 0.5) is 5.69 Å². The Kier molecular flexibility index (Phi) is 6.77. The van der Waals surface area contributed by atoms with E-state index in [4.69, 9.17) is 23.2 Å². The van der Waals surface area contributed by atoms with Gasteiger partial charge in [0.15, 0.2) is 0 Å². The molecule has 0 bridgehead atoms. The fourth-order valence-electron chi connectivity index (χ4n) is 3.27. The summed E-state index contributed by atoms with van der Waals surface area (Å²) in [6.07, 6.45) is 1.45. The monoisotopic (exact) mass is 434 g/mol. The lowest BCUT2D eigenvalue weighted by atomic mass is 10.1. The molecule has 1 fully saturated rings. The van der Waals surface area contributed by atoms with Crippen molar-refractivity contribution < 1.29 is 19.1 Å². The number of benzene rings is 2. The van der Waals surface area contributed by atoms with E-state index in [0.29, 0.717) is 28.7 Å². The number of carbonyl (C=O) groups is 3. The van der Waals surface area contributed by atoms with Gasteiger partial charge >= 0.3 is 5.97 Å². The molecule has 2 aromatic rings. The van der Waals surface area contributed by atoms with Crippen LogP contribution in [0.15, 0.2) is 42.5 Å². The predicted molar refractivity (Wildman–Crippen MR) is 111 cm³/mol. The van der Waals surface area contributed by atoms with Gasteiger partial charge in [0, 0.05) is 17.3 Å². The van der Waals surface area contributed by atoms with Gasteiger partial charge in [-0.1, -0.05) is 35.3 Å². The summed E-state index contributed by atoms with van der Waals surface area (Å²) in [6.45, 7) is 0.470. The molecule has 1 aliphatic heterocycles. The highest BCUT2D eigenvalue weighted by molar-refractivity contribution is 6.35. The molecule has 1 heterocycles. The molecule has 152 valence electrons. The van der Waals surface area contributed by atoms with Gasteiger partial charge in [-0.25, -0.2) is 0 Å². The van der Waals surface area contributed by atoms with Crippen LogP contribution in [0.5, 0.6) is 0 Å². The molecule has 6 nitrogen and oxygen atoms in total. The number of nitrogens with one attached hydrogen (secondary N) is 1. The van der Waals surface area contributed by atoms with Crippen LogP contribution < -0.4 is 5.32 Å². The van der Waals surface area contributed by atoms with Crippen LogP contribution in [0.2, 0.25) is 10.0 Å². The summed E-state index contributed by atoms with van der Waals surface area (Å²) < 4.78 is 4.64. The Morgan fingerprint density at radius 3 is 2.55 bits per heavy atom. The Morgan fingerprint density at radius 1 is 1.14 bits per heavy atom. The van der Waals surface area contributed by atoms with Gasteiger partial charge in [-0.2, -0.15) is 0 Å². The van der Waals surface area contributed by atoms with E-state index in [0.717, 1.165) is 12.0 Å². The van der Waals surface area contributed by atoms with Gasteiger partial charge in [0.05, 0.1) is 24.1 Å². The van der Waals surface area contributed by atoms with Crippen LogP contribution in [-0.2, 0) is 20.7 Å². The largest absolute Gasteiger partial charge is 0.469 e. The smallest absolute Gasteiger partial charge is 0.309 e. The van der Waals surface area contributed by atoms with Crippen molar-refractivity contribution in [2.24, 2.45) is 0 Å². The van der Waals surface area contributed by atoms with Crippen molar-refractivity contribution in [3.63, 3.8) is 0 Å². The van der Waals surface area contributed by atoms with Crippen molar-refractivity contribution in [1.29, 1.82) is 0 Å². The SMILES string of the molecule is COC(=O)Cc1ccc(NC(=O)C2CCCN2C(=O)c2cc(Cl)ccc2Cl)cc1. The minimum atomic E-state index is -0.590. The molecular weight excluding hydrogens is 415 g/mol. The normalized spacial score (nSPS) is 15.8. The molecule has 8 heteroatoms. The summed E-state index contributed by atoms with van der Waals surface area (Å²) in [5, 5.41) is 3.54. The highest BCUT2D eigenvalue weighted by Gasteiger charge is 2.35. The minimum absolute atomic E-state index is 0.163. The van der Waals surface area contributed by atoms with E-state index in [1.165, 1.54) is 18.1 Å². The lowest BCUT2D eigenvalue weighted by Gasteiger charge is -2.24. The first-order valence-corrected chi connectivity index (χ1v) is 9.87. The maximum atomic E-state index is 12.9. The molecule has 1 aliphatic rings. The number of esters is 1. The van der Waals surface area contributed by atoms with Crippen molar-refractivity contribution in [1.82, 2.24) is 4.90 Å². The molecule has 0 radical (unpaired) electrons. The summed E-state index contributed by atoms with van der Waals surface area (Å²) in [6, 6.07) is 11.0. The molecule has 0 aliphatic carbocycles. The first-order chi connectivity index (χ1) is 13.9. The number of anilines is 1. The molecule has 2 amide bonds. The van der Waals surface area contributed by atoms with Crippen molar-refractivity contribution in [3.8, 4) is 0 Å². The van der Waals surface area contributed by atoms with Gasteiger partial charge in [-0.05, 0) is 48.7 Å². The van der Waals surface area contributed by atoms with Crippen molar-refractivity contribution >= 4 is 46.7 Å². The van der Waals surface area contributed by atoms with Crippen LogP contribution in [0, 0.1) is 0 Å². The fraction of sp³-hybridized carbons (Fsp3) is 0.286. The van der Waals surface area contributed by atoms with Gasteiger partial charge < -0.3 is 15.0 Å². The Labute approximate surface area is 178 Å². The van der Waals surface area contributed by atoms with E-state index in [1.807, 2.05) is 0 Å². The second-order valence-corrected chi connectivity index (χ2v) is 7.56. The topological polar surface area (TPSA) is 75.7 Å². The standard InChI is InChI=1S/C21H20Cl2N2O4/c1-29-19(26)11-13-4-7-15(8-5-13)24-20(27)18-3-2-10-25(18)21(28)16-12-14(22)6-9-17(16)23/h4-9,12,18H,2-3,10-11H2,1H3,(H,24,27). The molecule has 1 N–H and O–H groups in total. The molecule has 2 aromatic carbocycles. The molecule has 0 saturated carbocycles. The highest BCUT2D eigenvalue weighted by Crippen LogP contribution is 2.27. The predicted octanol–water partition coefficient (Wildman–Crippen LogP) is 3.95. The van der Waals surface area contributed by atoms with Crippen LogP contribution in [0.1, 0.15) is 28.8 Å². The number of amides is 2. The second-order valence-electron chi connectivity index (χ2n) is 6.72. The summed E-state index contributed by atoms with van der Waals surface area (Å²) in [4.78, 5) is 38.6. The fourth-order valence-corrected chi connectivity index (χ4v) is 3.64. The molecule has 1 saturated heterocycles. The van der Waals surface area contributed by atoms with Gasteiger partial charge in [0.25, 0.3) is 5.91 Å². The Morgan fingerprint density at radius 2 is 1.86 bits per heavy atom. The first-order valence-electron chi connectivity index (χ1n) is 9.11. The number of nitrogens with zero attached hydrogens (tertiary/aromatic N) is 1. The van der Waals surface area contributed by atoms with E-state index in [9.17, 15) is 14.4 Å². The number of ether oxygens (including phenoxy) is 1. The van der Waals surface area contributed by atoms with Crippen molar-refractivity contribution in [2.45, 2.75) is 25.3 Å². The Hall–Kier alpha value is -2.57. The third-order valence-electron chi connectivity index (χ3n) is 4.77. The summed E-state index contributed by atoms with van der Waals surface area (Å²) in [7, 11) is 1.34. The summed E-state index contributed by atoms with van der Waals surface area (Å²) >= 11 is 12.1. The van der Waals surface area contributed by atoms with Crippen LogP contribution in [-0.4, -0.2) is 42.4 Å². The van der Waals surface area contributed by atoms with Crippen LogP contribution in [0.3, 0.4) is 0 Å². The number of methoxy groups -OCH3 is 1. The van der Waals surface area contributed by atoms with E-state index in [-0.39, 0.29) is 29.8 Å². The maximum Gasteiger partial charge on any atom is 0.309 e. The molecule has 1 unspecified atom stereocenters. The zero-order valence-electron chi connectivity index (χ0n) is 15.8. The highest BCUT2D eigenvalue weighted by atomic mass is 35.5. The van der Waals surface area contributed by atoms with E-state index >= 15 is 0 Å². The average molecular weight is 435 g/mol. The zero-order chi connectivity index (χ0) is 21.0. The number of hydrogen-bond donors (Lipinski definition) is 1. The number of hydrogen-bond acceptors (Lipinski definition) is 4. The van der Waals surface area contributed by atoms with Gasteiger partial charge in [0.2, 0.25) is 5.91 Å². The number of carbonyl (C=O) groups excluding carboxylic acids is 3. The molecule has 0 aromatic heterocycles. The van der Waals surface area contributed by atoms with E-state index < -0.39 is 6.04 Å². The molecular formula is C21H20Cl2N2O4. The first kappa shape index (κ1) is 21.1. The number of likely N-dealkylation sites (tertiary alicyclic amines) is 1. The van der Waals surface area contributed by atoms with Crippen molar-refractivity contribution in [2.75, 3.05) is 19.0 Å². The molecule has 29 heavy (non-hydrogen) atoms. The summed E-state index contributed by atoms with van der Waals surface area (Å²) in [5.41, 5.74) is 1.65. The van der Waals surface area contributed by atoms with Crippen LogP contribution >= 0.6 is 23.2 Å². The lowest BCUT2D eigenvalue weighted by Crippen LogP contribution is -2.43. The van der Waals surface area contributed by atoms with E-state index in [1.54, 1.807) is 36.4 Å². The lowest BCUT2D eigenvalue weighted by molar-refractivity contribution is -0.139. The van der Waals surface area contributed by atoms with Crippen molar-refractivity contribution in [3.05, 3.63) is 63.6 Å². The third-order valence-corrected chi connectivity index (χ3v) is 5.34.